The van der Waals surface area contributed by atoms with E-state index in [1.165, 1.54) is 4.90 Å². The van der Waals surface area contributed by atoms with Crippen LogP contribution < -0.4 is 9.62 Å². The molecule has 7 nitrogen and oxygen atoms in total. The van der Waals surface area contributed by atoms with Crippen LogP contribution in [0.4, 0.5) is 5.69 Å². The topological polar surface area (TPSA) is 86.8 Å². The van der Waals surface area contributed by atoms with Crippen LogP contribution in [-0.2, 0) is 26.2 Å². The highest BCUT2D eigenvalue weighted by atomic mass is 35.5. The van der Waals surface area contributed by atoms with Gasteiger partial charge in [0.2, 0.25) is 21.8 Å². The van der Waals surface area contributed by atoms with Gasteiger partial charge in [-0.2, -0.15) is 0 Å². The van der Waals surface area contributed by atoms with E-state index in [2.05, 4.69) is 5.32 Å². The second-order valence-electron chi connectivity index (χ2n) is 8.65. The molecule has 186 valence electrons. The predicted molar refractivity (Wildman–Crippen MR) is 137 cm³/mol. The van der Waals surface area contributed by atoms with E-state index in [0.29, 0.717) is 10.7 Å². The Morgan fingerprint density at radius 1 is 1.03 bits per heavy atom. The van der Waals surface area contributed by atoms with Crippen molar-refractivity contribution in [2.45, 2.75) is 59.7 Å². The van der Waals surface area contributed by atoms with Gasteiger partial charge in [-0.05, 0) is 62.9 Å². The number of benzene rings is 2. The molecule has 0 aliphatic rings. The summed E-state index contributed by atoms with van der Waals surface area (Å²) in [7, 11) is -3.77. The Labute approximate surface area is 208 Å². The normalized spacial score (nSPS) is 13.1. The minimum Gasteiger partial charge on any atom is -0.352 e. The third-order valence-corrected chi connectivity index (χ3v) is 7.17. The summed E-state index contributed by atoms with van der Waals surface area (Å²) in [6.45, 7) is 8.82. The molecule has 0 heterocycles. The Morgan fingerprint density at radius 3 is 2.09 bits per heavy atom. The molecule has 0 saturated heterocycles. The fourth-order valence-electron chi connectivity index (χ4n) is 3.61. The summed E-state index contributed by atoms with van der Waals surface area (Å²) in [6, 6.07) is 11.6. The number of hydrogen-bond acceptors (Lipinski definition) is 4. The van der Waals surface area contributed by atoms with Gasteiger partial charge in [-0.25, -0.2) is 8.42 Å². The zero-order chi connectivity index (χ0) is 25.6. The Morgan fingerprint density at radius 2 is 1.59 bits per heavy atom. The SMILES string of the molecule is CC[C@H](C)NC(=O)[C@H](C)N(Cc1ccc(Cl)cc1)C(=O)CN(c1c(C)cccc1C)S(C)(=O)=O. The minimum atomic E-state index is -3.77. The maximum Gasteiger partial charge on any atom is 0.244 e. The molecule has 2 rings (SSSR count). The lowest BCUT2D eigenvalue weighted by molar-refractivity contribution is -0.139. The maximum absolute atomic E-state index is 13.6. The predicted octanol–water partition coefficient (Wildman–Crippen LogP) is 4.05. The van der Waals surface area contributed by atoms with Gasteiger partial charge in [0.25, 0.3) is 0 Å². The Kier molecular flexibility index (Phi) is 9.53. The van der Waals surface area contributed by atoms with Crippen LogP contribution >= 0.6 is 11.6 Å². The Bertz CT molecular complexity index is 1100. The molecule has 34 heavy (non-hydrogen) atoms. The number of para-hydroxylation sites is 1. The Hall–Kier alpha value is -2.58. The molecule has 0 unspecified atom stereocenters. The van der Waals surface area contributed by atoms with Crippen LogP contribution in [0, 0.1) is 13.8 Å². The fraction of sp³-hybridized carbons (Fsp3) is 0.440. The van der Waals surface area contributed by atoms with Gasteiger partial charge in [-0.15, -0.1) is 0 Å². The summed E-state index contributed by atoms with van der Waals surface area (Å²) >= 11 is 6.00. The highest BCUT2D eigenvalue weighted by Crippen LogP contribution is 2.27. The average molecular weight is 508 g/mol. The highest BCUT2D eigenvalue weighted by Gasteiger charge is 2.31. The van der Waals surface area contributed by atoms with Crippen LogP contribution in [0.5, 0.6) is 0 Å². The molecule has 0 bridgehead atoms. The maximum atomic E-state index is 13.6. The van der Waals surface area contributed by atoms with Gasteiger partial charge in [0.05, 0.1) is 11.9 Å². The van der Waals surface area contributed by atoms with E-state index in [-0.39, 0.29) is 18.5 Å². The van der Waals surface area contributed by atoms with Gasteiger partial charge in [0.1, 0.15) is 12.6 Å². The van der Waals surface area contributed by atoms with Gasteiger partial charge >= 0.3 is 0 Å². The van der Waals surface area contributed by atoms with Gasteiger partial charge in [-0.3, -0.25) is 13.9 Å². The van der Waals surface area contributed by atoms with Crippen LogP contribution in [0.25, 0.3) is 0 Å². The first kappa shape index (κ1) is 27.7. The molecule has 0 radical (unpaired) electrons. The third-order valence-electron chi connectivity index (χ3n) is 5.80. The molecule has 0 aliphatic heterocycles. The summed E-state index contributed by atoms with van der Waals surface area (Å²) in [5.41, 5.74) is 2.73. The van der Waals surface area contributed by atoms with Crippen LogP contribution in [-0.4, -0.2) is 50.0 Å². The number of carbonyl (C=O) groups excluding carboxylic acids is 2. The molecule has 2 amide bonds. The molecule has 0 fully saturated rings. The highest BCUT2D eigenvalue weighted by molar-refractivity contribution is 7.92. The van der Waals surface area contributed by atoms with E-state index < -0.39 is 28.5 Å². The number of carbonyl (C=O) groups is 2. The second-order valence-corrected chi connectivity index (χ2v) is 11.0. The molecule has 0 spiro atoms. The summed E-state index contributed by atoms with van der Waals surface area (Å²) in [5, 5.41) is 3.47. The number of halogens is 1. The van der Waals surface area contributed by atoms with Crippen molar-refractivity contribution < 1.29 is 18.0 Å². The minimum absolute atomic E-state index is 0.0513. The quantitative estimate of drug-likeness (QED) is 0.525. The van der Waals surface area contributed by atoms with Gasteiger partial charge in [0.15, 0.2) is 0 Å². The number of hydrogen-bond donors (Lipinski definition) is 1. The van der Waals surface area contributed by atoms with Crippen molar-refractivity contribution in [1.82, 2.24) is 10.2 Å². The Balaban J connectivity index is 2.43. The summed E-state index contributed by atoms with van der Waals surface area (Å²) in [6.07, 6.45) is 1.83. The van der Waals surface area contributed by atoms with Crippen LogP contribution in [0.1, 0.15) is 43.9 Å². The lowest BCUT2D eigenvalue weighted by atomic mass is 10.1. The van der Waals surface area contributed by atoms with Crippen molar-refractivity contribution in [2.75, 3.05) is 17.1 Å². The van der Waals surface area contributed by atoms with Crippen molar-refractivity contribution in [1.29, 1.82) is 0 Å². The number of aryl methyl sites for hydroxylation is 2. The van der Waals surface area contributed by atoms with E-state index >= 15 is 0 Å². The van der Waals surface area contributed by atoms with E-state index in [1.807, 2.05) is 19.9 Å². The smallest absolute Gasteiger partial charge is 0.244 e. The van der Waals surface area contributed by atoms with E-state index in [0.717, 1.165) is 33.7 Å². The fourth-order valence-corrected chi connectivity index (χ4v) is 4.70. The van der Waals surface area contributed by atoms with Crippen molar-refractivity contribution in [2.24, 2.45) is 0 Å². The van der Waals surface area contributed by atoms with Crippen molar-refractivity contribution >= 4 is 39.1 Å². The zero-order valence-corrected chi connectivity index (χ0v) is 22.2. The number of amides is 2. The van der Waals surface area contributed by atoms with Gasteiger partial charge in [-0.1, -0.05) is 48.9 Å². The molecule has 2 atom stereocenters. The molecule has 2 aromatic carbocycles. The number of anilines is 1. The average Bonchev–Trinajstić information content (AvgIpc) is 2.76. The molecule has 9 heteroatoms. The van der Waals surface area contributed by atoms with Crippen LogP contribution in [0.15, 0.2) is 42.5 Å². The van der Waals surface area contributed by atoms with E-state index in [4.69, 9.17) is 11.6 Å². The summed E-state index contributed by atoms with van der Waals surface area (Å²) < 4.78 is 26.6. The van der Waals surface area contributed by atoms with Crippen molar-refractivity contribution in [3.8, 4) is 0 Å². The molecular formula is C25H34ClN3O4S. The summed E-state index contributed by atoms with van der Waals surface area (Å²) in [5.74, 6) is -0.774. The largest absolute Gasteiger partial charge is 0.352 e. The lowest BCUT2D eigenvalue weighted by Gasteiger charge is -2.32. The standard InChI is InChI=1S/C25H34ClN3O4S/c1-7-19(4)27-25(31)20(5)28(15-21-11-13-22(26)14-12-21)23(30)16-29(34(6,32)33)24-17(2)9-8-10-18(24)3/h8-14,19-20H,7,15-16H2,1-6H3,(H,27,31)/t19-,20-/m0/s1. The summed E-state index contributed by atoms with van der Waals surface area (Å²) in [4.78, 5) is 27.9. The van der Waals surface area contributed by atoms with Crippen molar-refractivity contribution in [3.63, 3.8) is 0 Å². The van der Waals surface area contributed by atoms with Gasteiger partial charge < -0.3 is 10.2 Å². The molecular weight excluding hydrogens is 474 g/mol. The first-order chi connectivity index (χ1) is 15.8. The number of rotatable bonds is 10. The van der Waals surface area contributed by atoms with Crippen LogP contribution in [0.2, 0.25) is 5.02 Å². The molecule has 0 saturated carbocycles. The van der Waals surface area contributed by atoms with Crippen LogP contribution in [0.3, 0.4) is 0 Å². The molecule has 2 aromatic rings. The van der Waals surface area contributed by atoms with Gasteiger partial charge in [0, 0.05) is 17.6 Å². The number of nitrogens with one attached hydrogen (secondary N) is 1. The molecule has 0 aliphatic carbocycles. The first-order valence-corrected chi connectivity index (χ1v) is 13.5. The van der Waals surface area contributed by atoms with Crippen molar-refractivity contribution in [3.05, 3.63) is 64.2 Å². The third kappa shape index (κ3) is 7.21. The zero-order valence-electron chi connectivity index (χ0n) is 20.6. The monoisotopic (exact) mass is 507 g/mol. The second kappa shape index (κ2) is 11.7. The first-order valence-electron chi connectivity index (χ1n) is 11.2. The number of nitrogens with zero attached hydrogens (tertiary/aromatic N) is 2. The molecule has 0 aromatic heterocycles. The van der Waals surface area contributed by atoms with E-state index in [1.54, 1.807) is 57.2 Å². The van der Waals surface area contributed by atoms with E-state index in [9.17, 15) is 18.0 Å². The molecule has 1 N–H and O–H groups in total. The lowest BCUT2D eigenvalue weighted by Crippen LogP contribution is -2.52. The number of sulfonamides is 1.